The van der Waals surface area contributed by atoms with E-state index in [0.717, 1.165) is 102 Å². The zero-order chi connectivity index (χ0) is 77.6. The zero-order valence-electron chi connectivity index (χ0n) is 69.6. The SMILES string of the molecule is CCCCCCCCCCCCCCCCCCCCCCCCC(=O)O[C@H](COC(=O)CCCCCCCCCCCCCCCCCCCCC)COP(=O)(O)OC[C@@H](O)COP(=O)(O)OC[C@@H](COC(=O)CCCCCCCCCC)OC(=O)CCCCCCCCCCCCCCCCC(C)C. The van der Waals surface area contributed by atoms with Gasteiger partial charge in [0.2, 0.25) is 0 Å². The van der Waals surface area contributed by atoms with Crippen LogP contribution in [-0.2, 0) is 65.4 Å². The van der Waals surface area contributed by atoms with Crippen LogP contribution in [0.2, 0.25) is 0 Å². The first-order valence-electron chi connectivity index (χ1n) is 45.1. The van der Waals surface area contributed by atoms with Crippen LogP contribution in [0.15, 0.2) is 0 Å². The van der Waals surface area contributed by atoms with Crippen molar-refractivity contribution >= 4 is 39.5 Å². The van der Waals surface area contributed by atoms with Gasteiger partial charge in [0, 0.05) is 25.7 Å². The van der Waals surface area contributed by atoms with Crippen LogP contribution < -0.4 is 0 Å². The quantitative estimate of drug-likeness (QED) is 0.0222. The molecule has 0 radical (unpaired) electrons. The van der Waals surface area contributed by atoms with Crippen molar-refractivity contribution in [1.29, 1.82) is 0 Å². The minimum atomic E-state index is -4.97. The van der Waals surface area contributed by atoms with Gasteiger partial charge in [-0.25, -0.2) is 9.13 Å². The number of carbonyl (C=O) groups excluding carboxylic acids is 4. The molecule has 0 rings (SSSR count). The molecule has 0 amide bonds. The maximum Gasteiger partial charge on any atom is 0.472 e. The molecule has 2 unspecified atom stereocenters. The average Bonchev–Trinajstić information content (AvgIpc) is 0.903. The topological polar surface area (TPSA) is 237 Å². The van der Waals surface area contributed by atoms with Crippen LogP contribution in [-0.4, -0.2) is 96.7 Å². The minimum absolute atomic E-state index is 0.108. The van der Waals surface area contributed by atoms with Gasteiger partial charge in [-0.15, -0.1) is 0 Å². The Bertz CT molecular complexity index is 2010. The summed E-state index contributed by atoms with van der Waals surface area (Å²) >= 11 is 0. The van der Waals surface area contributed by atoms with Gasteiger partial charge in [-0.3, -0.25) is 37.3 Å². The van der Waals surface area contributed by atoms with E-state index in [1.54, 1.807) is 0 Å². The number of phosphoric acid groups is 2. The Morgan fingerprint density at radius 3 is 0.642 bits per heavy atom. The summed E-state index contributed by atoms with van der Waals surface area (Å²) in [6.07, 6.45) is 73.8. The third-order valence-corrected chi connectivity index (χ3v) is 22.4. The Labute approximate surface area is 651 Å². The number of aliphatic hydroxyl groups excluding tert-OH is 1. The molecule has 0 aliphatic carbocycles. The van der Waals surface area contributed by atoms with Crippen molar-refractivity contribution in [1.82, 2.24) is 0 Å². The Morgan fingerprint density at radius 1 is 0.255 bits per heavy atom. The van der Waals surface area contributed by atoms with Gasteiger partial charge in [0.1, 0.15) is 19.3 Å². The van der Waals surface area contributed by atoms with Crippen LogP contribution >= 0.6 is 15.6 Å². The van der Waals surface area contributed by atoms with Crippen molar-refractivity contribution < 1.29 is 80.2 Å². The molecule has 630 valence electrons. The van der Waals surface area contributed by atoms with Crippen molar-refractivity contribution in [3.05, 3.63) is 0 Å². The maximum atomic E-state index is 13.1. The molecular weight excluding hydrogens is 1380 g/mol. The van der Waals surface area contributed by atoms with Gasteiger partial charge < -0.3 is 33.8 Å². The molecule has 0 aromatic heterocycles. The van der Waals surface area contributed by atoms with Crippen molar-refractivity contribution in [2.45, 2.75) is 490 Å². The zero-order valence-corrected chi connectivity index (χ0v) is 71.4. The Balaban J connectivity index is 5.18. The first-order valence-corrected chi connectivity index (χ1v) is 48.1. The summed E-state index contributed by atoms with van der Waals surface area (Å²) in [4.78, 5) is 73.1. The summed E-state index contributed by atoms with van der Waals surface area (Å²) in [5.74, 6) is -1.31. The fourth-order valence-electron chi connectivity index (χ4n) is 13.6. The van der Waals surface area contributed by atoms with Gasteiger partial charge in [-0.1, -0.05) is 420 Å². The summed E-state index contributed by atoms with van der Waals surface area (Å²) in [5.41, 5.74) is 0. The van der Waals surface area contributed by atoms with E-state index >= 15 is 0 Å². The third kappa shape index (κ3) is 80.1. The second-order valence-corrected chi connectivity index (χ2v) is 34.7. The lowest BCUT2D eigenvalue weighted by molar-refractivity contribution is -0.161. The van der Waals surface area contributed by atoms with Gasteiger partial charge in [-0.05, 0) is 31.6 Å². The lowest BCUT2D eigenvalue weighted by atomic mass is 10.0. The molecule has 0 aromatic rings. The number of aliphatic hydroxyl groups is 1. The fraction of sp³-hybridized carbons (Fsp3) is 0.954. The second-order valence-electron chi connectivity index (χ2n) is 31.8. The van der Waals surface area contributed by atoms with E-state index in [2.05, 4.69) is 34.6 Å². The highest BCUT2D eigenvalue weighted by molar-refractivity contribution is 7.47. The van der Waals surface area contributed by atoms with Crippen LogP contribution in [0.5, 0.6) is 0 Å². The van der Waals surface area contributed by atoms with Gasteiger partial charge in [0.25, 0.3) is 0 Å². The highest BCUT2D eigenvalue weighted by Gasteiger charge is 2.30. The van der Waals surface area contributed by atoms with E-state index in [-0.39, 0.29) is 25.7 Å². The van der Waals surface area contributed by atoms with Crippen molar-refractivity contribution in [2.75, 3.05) is 39.6 Å². The summed E-state index contributed by atoms with van der Waals surface area (Å²) in [5, 5.41) is 10.7. The number of hydrogen-bond acceptors (Lipinski definition) is 15. The molecular formula is C87H170O17P2. The van der Waals surface area contributed by atoms with Gasteiger partial charge in [0.05, 0.1) is 26.4 Å². The average molecular weight is 1550 g/mol. The molecule has 0 saturated heterocycles. The number of hydrogen-bond donors (Lipinski definition) is 3. The molecule has 0 heterocycles. The number of esters is 4. The standard InChI is InChI=1S/C87H170O17P2/c1-6-9-12-15-18-21-23-25-27-29-31-32-33-35-37-39-44-48-52-57-62-67-72-87(92)104-83(77-98-85(90)71-66-61-56-51-47-43-38-36-34-30-28-26-24-22-19-16-13-10-7-2)79-102-106(95,96)100-75-81(88)74-99-105(93,94)101-78-82(76-97-84(89)70-65-60-55-20-17-14-11-8-3)103-86(91)73-68-63-58-53-49-45-41-40-42-46-50-54-59-64-69-80(4)5/h80-83,88H,6-79H2,1-5H3,(H,93,94)(H,95,96)/t81-,82+,83+/m0/s1. The highest BCUT2D eigenvalue weighted by atomic mass is 31.2. The molecule has 0 aromatic carbocycles. The third-order valence-electron chi connectivity index (χ3n) is 20.5. The van der Waals surface area contributed by atoms with E-state index in [1.165, 1.54) is 289 Å². The monoisotopic (exact) mass is 1550 g/mol. The summed E-state index contributed by atoms with van der Waals surface area (Å²) < 4.78 is 68.8. The molecule has 0 bridgehead atoms. The van der Waals surface area contributed by atoms with E-state index in [1.807, 2.05) is 0 Å². The molecule has 5 atom stereocenters. The smallest absolute Gasteiger partial charge is 0.462 e. The van der Waals surface area contributed by atoms with Gasteiger partial charge in [-0.2, -0.15) is 0 Å². The second kappa shape index (κ2) is 79.7. The first kappa shape index (κ1) is 104. The molecule has 3 N–H and O–H groups in total. The first-order chi connectivity index (χ1) is 51.5. The summed E-state index contributed by atoms with van der Waals surface area (Å²) in [6, 6.07) is 0. The van der Waals surface area contributed by atoms with Crippen LogP contribution in [0.3, 0.4) is 0 Å². The lowest BCUT2D eigenvalue weighted by Crippen LogP contribution is -2.30. The van der Waals surface area contributed by atoms with E-state index in [0.29, 0.717) is 25.7 Å². The highest BCUT2D eigenvalue weighted by Crippen LogP contribution is 2.45. The van der Waals surface area contributed by atoms with Crippen molar-refractivity contribution in [3.63, 3.8) is 0 Å². The van der Waals surface area contributed by atoms with Crippen molar-refractivity contribution in [3.8, 4) is 0 Å². The molecule has 19 heteroatoms. The van der Waals surface area contributed by atoms with E-state index < -0.39 is 97.5 Å². The maximum absolute atomic E-state index is 13.1. The van der Waals surface area contributed by atoms with Crippen LogP contribution in [0.1, 0.15) is 471 Å². The van der Waals surface area contributed by atoms with Crippen LogP contribution in [0.4, 0.5) is 0 Å². The minimum Gasteiger partial charge on any atom is -0.462 e. The predicted molar refractivity (Wildman–Crippen MR) is 437 cm³/mol. The number of ether oxygens (including phenoxy) is 4. The normalized spacial score (nSPS) is 13.7. The Morgan fingerprint density at radius 2 is 0.434 bits per heavy atom. The van der Waals surface area contributed by atoms with Gasteiger partial charge >= 0.3 is 39.5 Å². The van der Waals surface area contributed by atoms with E-state index in [4.69, 9.17) is 37.0 Å². The largest absolute Gasteiger partial charge is 0.472 e. The molecule has 0 spiro atoms. The number of rotatable bonds is 87. The lowest BCUT2D eigenvalue weighted by Gasteiger charge is -2.21. The Hall–Kier alpha value is -1.94. The molecule has 0 aliphatic heterocycles. The molecule has 0 saturated carbocycles. The number of unbranched alkanes of at least 4 members (excludes halogenated alkanes) is 59. The van der Waals surface area contributed by atoms with Gasteiger partial charge in [0.15, 0.2) is 12.2 Å². The molecule has 0 fully saturated rings. The fourth-order valence-corrected chi connectivity index (χ4v) is 15.2. The molecule has 106 heavy (non-hydrogen) atoms. The number of phosphoric ester groups is 2. The molecule has 0 aliphatic rings. The summed E-state index contributed by atoms with van der Waals surface area (Å²) in [6.45, 7) is 7.36. The Kier molecular flexibility index (Phi) is 78.2. The van der Waals surface area contributed by atoms with Crippen LogP contribution in [0.25, 0.3) is 0 Å². The predicted octanol–water partition coefficient (Wildman–Crippen LogP) is 26.8. The van der Waals surface area contributed by atoms with Crippen molar-refractivity contribution in [2.24, 2.45) is 5.92 Å². The van der Waals surface area contributed by atoms with Crippen LogP contribution in [0, 0.1) is 5.92 Å². The number of carbonyl (C=O) groups is 4. The molecule has 17 nitrogen and oxygen atoms in total. The summed E-state index contributed by atoms with van der Waals surface area (Å²) in [7, 11) is -9.92. The van der Waals surface area contributed by atoms with E-state index in [9.17, 15) is 43.2 Å².